The van der Waals surface area contributed by atoms with Crippen molar-refractivity contribution < 1.29 is 4.39 Å². The van der Waals surface area contributed by atoms with Crippen molar-refractivity contribution in [1.82, 2.24) is 19.9 Å². The first kappa shape index (κ1) is 14.5. The minimum atomic E-state index is -0.313. The third kappa shape index (κ3) is 3.33. The Labute approximate surface area is 118 Å². The molecule has 1 N–H and O–H groups in total. The van der Waals surface area contributed by atoms with E-state index in [1.807, 2.05) is 36.7 Å². The van der Waals surface area contributed by atoms with E-state index in [0.29, 0.717) is 13.1 Å². The zero-order valence-electron chi connectivity index (χ0n) is 12.1. The lowest BCUT2D eigenvalue weighted by Gasteiger charge is -2.21. The molecule has 108 valence electrons. The van der Waals surface area contributed by atoms with Gasteiger partial charge in [-0.05, 0) is 12.6 Å². The van der Waals surface area contributed by atoms with Crippen molar-refractivity contribution in [2.24, 2.45) is 7.05 Å². The quantitative estimate of drug-likeness (QED) is 0.873. The van der Waals surface area contributed by atoms with Gasteiger partial charge < -0.3 is 14.8 Å². The summed E-state index contributed by atoms with van der Waals surface area (Å²) in [5.74, 6) is 1.40. The van der Waals surface area contributed by atoms with Crippen LogP contribution in [0.1, 0.15) is 18.3 Å². The maximum absolute atomic E-state index is 13.4. The second-order valence-electron chi connectivity index (χ2n) is 4.73. The Hall–Kier alpha value is -1.95. The number of nitrogens with zero attached hydrogens (tertiary/aromatic N) is 4. The van der Waals surface area contributed by atoms with Gasteiger partial charge >= 0.3 is 0 Å². The van der Waals surface area contributed by atoms with Gasteiger partial charge in [0.2, 0.25) is 0 Å². The SMILES string of the molecule is CCNCc1cc(F)cnc1N(C)Cc1nccn1C. The van der Waals surface area contributed by atoms with Crippen LogP contribution < -0.4 is 10.2 Å². The monoisotopic (exact) mass is 277 g/mol. The van der Waals surface area contributed by atoms with Gasteiger partial charge in [0.25, 0.3) is 0 Å². The Morgan fingerprint density at radius 3 is 2.85 bits per heavy atom. The van der Waals surface area contributed by atoms with E-state index in [4.69, 9.17) is 0 Å². The van der Waals surface area contributed by atoms with Crippen molar-refractivity contribution in [2.75, 3.05) is 18.5 Å². The third-order valence-corrected chi connectivity index (χ3v) is 3.14. The molecule has 0 spiro atoms. The molecule has 2 aromatic rings. The van der Waals surface area contributed by atoms with Crippen LogP contribution in [-0.2, 0) is 20.1 Å². The molecule has 0 aliphatic rings. The molecular formula is C14H20FN5. The lowest BCUT2D eigenvalue weighted by molar-refractivity contribution is 0.612. The molecule has 0 aliphatic carbocycles. The van der Waals surface area contributed by atoms with Gasteiger partial charge in [-0.15, -0.1) is 0 Å². The van der Waals surface area contributed by atoms with Crippen molar-refractivity contribution in [1.29, 1.82) is 0 Å². The van der Waals surface area contributed by atoms with E-state index in [0.717, 1.165) is 23.8 Å². The van der Waals surface area contributed by atoms with Gasteiger partial charge in [0.1, 0.15) is 17.5 Å². The van der Waals surface area contributed by atoms with E-state index in [1.165, 1.54) is 12.3 Å². The summed E-state index contributed by atoms with van der Waals surface area (Å²) in [6, 6.07) is 1.53. The molecule has 2 heterocycles. The zero-order valence-corrected chi connectivity index (χ0v) is 12.1. The van der Waals surface area contributed by atoms with Crippen LogP contribution in [0.3, 0.4) is 0 Å². The molecule has 20 heavy (non-hydrogen) atoms. The molecule has 0 amide bonds. The molecule has 0 atom stereocenters. The molecule has 0 saturated carbocycles. The minimum Gasteiger partial charge on any atom is -0.352 e. The van der Waals surface area contributed by atoms with Crippen molar-refractivity contribution in [3.05, 3.63) is 41.9 Å². The first-order valence-electron chi connectivity index (χ1n) is 6.64. The topological polar surface area (TPSA) is 46.0 Å². The highest BCUT2D eigenvalue weighted by molar-refractivity contribution is 5.46. The summed E-state index contributed by atoms with van der Waals surface area (Å²) in [5, 5.41) is 3.20. The first-order valence-corrected chi connectivity index (χ1v) is 6.64. The molecule has 2 aromatic heterocycles. The van der Waals surface area contributed by atoms with Crippen LogP contribution in [0.5, 0.6) is 0 Å². The molecule has 5 nitrogen and oxygen atoms in total. The van der Waals surface area contributed by atoms with Gasteiger partial charge in [0, 0.05) is 38.6 Å². The van der Waals surface area contributed by atoms with Crippen LogP contribution in [0.25, 0.3) is 0 Å². The van der Waals surface area contributed by atoms with Gasteiger partial charge in [-0.25, -0.2) is 14.4 Å². The smallest absolute Gasteiger partial charge is 0.141 e. The summed E-state index contributed by atoms with van der Waals surface area (Å²) in [7, 11) is 3.89. The summed E-state index contributed by atoms with van der Waals surface area (Å²) in [4.78, 5) is 10.5. The predicted molar refractivity (Wildman–Crippen MR) is 76.9 cm³/mol. The van der Waals surface area contributed by atoms with E-state index >= 15 is 0 Å². The number of nitrogens with one attached hydrogen (secondary N) is 1. The lowest BCUT2D eigenvalue weighted by Crippen LogP contribution is -2.23. The molecule has 6 heteroatoms. The molecule has 0 bridgehead atoms. The number of imidazole rings is 1. The molecule has 0 aliphatic heterocycles. The van der Waals surface area contributed by atoms with Gasteiger partial charge in [0.15, 0.2) is 0 Å². The van der Waals surface area contributed by atoms with Gasteiger partial charge in [-0.2, -0.15) is 0 Å². The number of rotatable bonds is 6. The zero-order chi connectivity index (χ0) is 14.5. The highest BCUT2D eigenvalue weighted by atomic mass is 19.1. The number of hydrogen-bond acceptors (Lipinski definition) is 4. The Morgan fingerprint density at radius 2 is 2.20 bits per heavy atom. The summed E-state index contributed by atoms with van der Waals surface area (Å²) >= 11 is 0. The standard InChI is InChI=1S/C14H20FN5/c1-4-16-8-11-7-12(15)9-18-14(11)20(3)10-13-17-5-6-19(13)2/h5-7,9,16H,4,8,10H2,1-3H3. The maximum atomic E-state index is 13.4. The molecule has 0 fully saturated rings. The summed E-state index contributed by atoms with van der Waals surface area (Å²) in [6.45, 7) is 4.08. The van der Waals surface area contributed by atoms with E-state index in [2.05, 4.69) is 15.3 Å². The second-order valence-corrected chi connectivity index (χ2v) is 4.73. The van der Waals surface area contributed by atoms with Crippen molar-refractivity contribution in [3.8, 4) is 0 Å². The molecule has 0 unspecified atom stereocenters. The minimum absolute atomic E-state index is 0.313. The van der Waals surface area contributed by atoms with Crippen LogP contribution in [0.15, 0.2) is 24.7 Å². The number of hydrogen-bond donors (Lipinski definition) is 1. The van der Waals surface area contributed by atoms with Crippen molar-refractivity contribution >= 4 is 5.82 Å². The Morgan fingerprint density at radius 1 is 1.40 bits per heavy atom. The van der Waals surface area contributed by atoms with E-state index in [-0.39, 0.29) is 5.82 Å². The fourth-order valence-electron chi connectivity index (χ4n) is 2.04. The van der Waals surface area contributed by atoms with Crippen LogP contribution in [0, 0.1) is 5.82 Å². The Balaban J connectivity index is 2.20. The highest BCUT2D eigenvalue weighted by Crippen LogP contribution is 2.18. The largest absolute Gasteiger partial charge is 0.352 e. The van der Waals surface area contributed by atoms with Crippen LogP contribution in [-0.4, -0.2) is 28.1 Å². The number of aromatic nitrogens is 3. The maximum Gasteiger partial charge on any atom is 0.141 e. The predicted octanol–water partition coefficient (Wildman–Crippen LogP) is 1.70. The van der Waals surface area contributed by atoms with Gasteiger partial charge in [-0.1, -0.05) is 6.92 Å². The highest BCUT2D eigenvalue weighted by Gasteiger charge is 2.12. The molecule has 2 rings (SSSR count). The second kappa shape index (κ2) is 6.47. The summed E-state index contributed by atoms with van der Waals surface area (Å²) in [5.41, 5.74) is 0.851. The lowest BCUT2D eigenvalue weighted by atomic mass is 10.2. The number of anilines is 1. The Bertz CT molecular complexity index is 566. The summed E-state index contributed by atoms with van der Waals surface area (Å²) in [6.07, 6.45) is 4.92. The van der Waals surface area contributed by atoms with Gasteiger partial charge in [-0.3, -0.25) is 0 Å². The number of aryl methyl sites for hydroxylation is 1. The third-order valence-electron chi connectivity index (χ3n) is 3.14. The fourth-order valence-corrected chi connectivity index (χ4v) is 2.04. The van der Waals surface area contributed by atoms with Crippen LogP contribution >= 0.6 is 0 Å². The molecule has 0 aromatic carbocycles. The molecular weight excluding hydrogens is 257 g/mol. The Kier molecular flexibility index (Phi) is 4.68. The first-order chi connectivity index (χ1) is 9.61. The average molecular weight is 277 g/mol. The van der Waals surface area contributed by atoms with Crippen LogP contribution in [0.2, 0.25) is 0 Å². The van der Waals surface area contributed by atoms with Crippen LogP contribution in [0.4, 0.5) is 10.2 Å². The summed E-state index contributed by atoms with van der Waals surface area (Å²) < 4.78 is 15.3. The van der Waals surface area contributed by atoms with E-state index in [1.54, 1.807) is 6.20 Å². The molecule has 0 radical (unpaired) electrons. The fraction of sp³-hybridized carbons (Fsp3) is 0.429. The number of halogens is 1. The molecule has 0 saturated heterocycles. The van der Waals surface area contributed by atoms with Crippen molar-refractivity contribution in [3.63, 3.8) is 0 Å². The van der Waals surface area contributed by atoms with E-state index in [9.17, 15) is 4.39 Å². The number of pyridine rings is 1. The normalized spacial score (nSPS) is 10.8. The van der Waals surface area contributed by atoms with Gasteiger partial charge in [0.05, 0.1) is 12.7 Å². The average Bonchev–Trinajstić information content (AvgIpc) is 2.82. The van der Waals surface area contributed by atoms with Crippen molar-refractivity contribution in [2.45, 2.75) is 20.0 Å². The van der Waals surface area contributed by atoms with E-state index < -0.39 is 0 Å².